The van der Waals surface area contributed by atoms with Crippen LogP contribution in [0.25, 0.3) is 0 Å². The number of aryl methyl sites for hydroxylation is 1. The molecule has 1 nitrogen and oxygen atoms in total. The van der Waals surface area contributed by atoms with Gasteiger partial charge in [-0.25, -0.2) is 0 Å². The van der Waals surface area contributed by atoms with E-state index in [-0.39, 0.29) is 0 Å². The Kier molecular flexibility index (Phi) is 3.17. The van der Waals surface area contributed by atoms with Crippen LogP contribution >= 0.6 is 0 Å². The maximum atomic E-state index is 4.48. The molecule has 3 heteroatoms. The normalized spacial score (nSPS) is 11.8. The predicted molar refractivity (Wildman–Crippen MR) is 56.7 cm³/mol. The number of rotatable bonds is 2. The first-order valence-electron chi connectivity index (χ1n) is 4.49. The van der Waals surface area contributed by atoms with Crippen molar-refractivity contribution in [2.45, 2.75) is 24.7 Å². The summed E-state index contributed by atoms with van der Waals surface area (Å²) in [5, 5.41) is 1.33. The SMILES string of the molecule is [Li][CH2][Si](C)(C)c1ccc(C)cn1. The Labute approximate surface area is 84.8 Å². The standard InChI is InChI=1S/C9H14NSi.Li/c1-8-5-6-9(10-7-8)11(2,3)4;/h5-7H,2H2,1,3-4H3;. The minimum atomic E-state index is -1.19. The molecular formula is C9H14LiNSi. The van der Waals surface area contributed by atoms with Crippen LogP contribution in [0.1, 0.15) is 5.56 Å². The van der Waals surface area contributed by atoms with E-state index < -0.39 is 8.07 Å². The average molecular weight is 171 g/mol. The number of pyridine rings is 1. The summed E-state index contributed by atoms with van der Waals surface area (Å²) in [6.07, 6.45) is 1.97. The molecule has 0 atom stereocenters. The van der Waals surface area contributed by atoms with Gasteiger partial charge in [-0.05, 0) is 0 Å². The fourth-order valence-corrected chi connectivity index (χ4v) is 2.36. The fraction of sp³-hybridized carbons (Fsp3) is 0.444. The van der Waals surface area contributed by atoms with Crippen molar-refractivity contribution in [3.63, 3.8) is 0 Å². The van der Waals surface area contributed by atoms with Crippen LogP contribution in [-0.4, -0.2) is 30.8 Å². The molecule has 1 rings (SSSR count). The van der Waals surface area contributed by atoms with Gasteiger partial charge in [-0.3, -0.25) is 0 Å². The van der Waals surface area contributed by atoms with Crippen LogP contribution < -0.4 is 5.32 Å². The molecule has 0 aliphatic heterocycles. The van der Waals surface area contributed by atoms with E-state index in [2.05, 4.69) is 54.8 Å². The molecule has 1 aromatic rings. The van der Waals surface area contributed by atoms with Gasteiger partial charge in [-0.2, -0.15) is 0 Å². The van der Waals surface area contributed by atoms with Crippen LogP contribution in [0.15, 0.2) is 18.3 Å². The summed E-state index contributed by atoms with van der Waals surface area (Å²) >= 11 is 2.26. The first-order chi connectivity index (χ1) is 5.56. The Morgan fingerprint density at radius 2 is 2.08 bits per heavy atom. The van der Waals surface area contributed by atoms with Gasteiger partial charge in [0.15, 0.2) is 0 Å². The number of aromatic nitrogens is 1. The summed E-state index contributed by atoms with van der Waals surface area (Å²) in [6, 6.07) is 4.35. The molecule has 1 heterocycles. The van der Waals surface area contributed by atoms with Crippen molar-refractivity contribution < 1.29 is 0 Å². The van der Waals surface area contributed by atoms with E-state index in [1.54, 1.807) is 0 Å². The van der Waals surface area contributed by atoms with E-state index in [0.717, 1.165) is 0 Å². The molecule has 0 aliphatic rings. The summed E-state index contributed by atoms with van der Waals surface area (Å²) in [5.74, 6) is 0. The van der Waals surface area contributed by atoms with Crippen molar-refractivity contribution in [1.29, 1.82) is 0 Å². The summed E-state index contributed by atoms with van der Waals surface area (Å²) in [6.45, 7) is 6.81. The van der Waals surface area contributed by atoms with E-state index in [1.165, 1.54) is 15.6 Å². The Bertz CT molecular complexity index is 256. The maximum absolute atomic E-state index is 4.48. The monoisotopic (exact) mass is 171 g/mol. The van der Waals surface area contributed by atoms with E-state index in [1.807, 2.05) is 6.20 Å². The zero-order chi connectivity index (χ0) is 9.19. The molecule has 0 spiro atoms. The number of hydrogen-bond acceptors (Lipinski definition) is 1. The fourth-order valence-electron chi connectivity index (χ4n) is 1.05. The van der Waals surface area contributed by atoms with E-state index in [0.29, 0.717) is 0 Å². The second-order valence-electron chi connectivity index (χ2n) is 3.96. The summed E-state index contributed by atoms with van der Waals surface area (Å²) < 4.78 is 1.27. The molecule has 0 unspecified atom stereocenters. The van der Waals surface area contributed by atoms with Gasteiger partial charge in [-0.1, -0.05) is 0 Å². The summed E-state index contributed by atoms with van der Waals surface area (Å²) in [7, 11) is -1.19. The Balaban J connectivity index is 2.96. The van der Waals surface area contributed by atoms with Crippen LogP contribution in [0.5, 0.6) is 0 Å². The summed E-state index contributed by atoms with van der Waals surface area (Å²) in [4.78, 5) is 4.48. The third kappa shape index (κ3) is 2.23. The van der Waals surface area contributed by atoms with Crippen LogP contribution in [0.2, 0.25) is 17.8 Å². The Morgan fingerprint density at radius 1 is 1.42 bits per heavy atom. The number of nitrogens with zero attached hydrogens (tertiary/aromatic N) is 1. The average Bonchev–Trinajstić information content (AvgIpc) is 2.05. The molecule has 0 fully saturated rings. The van der Waals surface area contributed by atoms with Crippen LogP contribution in [0.3, 0.4) is 0 Å². The first kappa shape index (κ1) is 10.0. The second-order valence-corrected chi connectivity index (χ2v) is 8.95. The van der Waals surface area contributed by atoms with E-state index >= 15 is 0 Å². The molecule has 0 amide bonds. The molecule has 0 radical (unpaired) electrons. The molecule has 0 bridgehead atoms. The van der Waals surface area contributed by atoms with Gasteiger partial charge in [0.1, 0.15) is 0 Å². The topological polar surface area (TPSA) is 12.9 Å². The molecule has 0 aliphatic carbocycles. The van der Waals surface area contributed by atoms with Crippen LogP contribution in [-0.2, 0) is 0 Å². The zero-order valence-electron chi connectivity index (χ0n) is 8.39. The predicted octanol–water partition coefficient (Wildman–Crippen LogP) is 1.43. The summed E-state index contributed by atoms with van der Waals surface area (Å²) in [5.41, 5.74) is 1.25. The minimum absolute atomic E-state index is 1.19. The molecule has 0 saturated heterocycles. The molecule has 12 heavy (non-hydrogen) atoms. The Morgan fingerprint density at radius 3 is 2.50 bits per heavy atom. The molecule has 60 valence electrons. The van der Waals surface area contributed by atoms with Gasteiger partial charge in [0.05, 0.1) is 0 Å². The van der Waals surface area contributed by atoms with Crippen molar-refractivity contribution in [1.82, 2.24) is 4.98 Å². The van der Waals surface area contributed by atoms with Gasteiger partial charge in [0.25, 0.3) is 0 Å². The van der Waals surface area contributed by atoms with Gasteiger partial charge >= 0.3 is 84.7 Å². The molecule has 0 saturated carbocycles. The molecule has 0 N–H and O–H groups in total. The third-order valence-corrected chi connectivity index (χ3v) is 5.94. The number of hydrogen-bond donors (Lipinski definition) is 0. The first-order valence-corrected chi connectivity index (χ1v) is 7.70. The van der Waals surface area contributed by atoms with E-state index in [4.69, 9.17) is 0 Å². The van der Waals surface area contributed by atoms with Gasteiger partial charge in [0, 0.05) is 0 Å². The van der Waals surface area contributed by atoms with Crippen molar-refractivity contribution >= 4 is 31.1 Å². The van der Waals surface area contributed by atoms with Gasteiger partial charge in [-0.15, -0.1) is 0 Å². The van der Waals surface area contributed by atoms with Gasteiger partial charge < -0.3 is 0 Å². The van der Waals surface area contributed by atoms with Crippen LogP contribution in [0.4, 0.5) is 0 Å². The van der Waals surface area contributed by atoms with Crippen molar-refractivity contribution in [3.05, 3.63) is 23.9 Å². The van der Waals surface area contributed by atoms with Crippen molar-refractivity contribution in [2.75, 3.05) is 0 Å². The van der Waals surface area contributed by atoms with Crippen molar-refractivity contribution in [3.8, 4) is 0 Å². The van der Waals surface area contributed by atoms with E-state index in [9.17, 15) is 0 Å². The Hall–Kier alpha value is -0.0357. The molecule has 1 aromatic heterocycles. The van der Waals surface area contributed by atoms with Crippen molar-refractivity contribution in [2.24, 2.45) is 0 Å². The second kappa shape index (κ2) is 3.78. The molecule has 0 aromatic carbocycles. The zero-order valence-corrected chi connectivity index (χ0v) is 9.39. The quantitative estimate of drug-likeness (QED) is 0.613. The third-order valence-electron chi connectivity index (χ3n) is 2.49. The van der Waals surface area contributed by atoms with Crippen LogP contribution in [0, 0.1) is 6.92 Å². The molecular weight excluding hydrogens is 157 g/mol. The van der Waals surface area contributed by atoms with Gasteiger partial charge in [0.2, 0.25) is 0 Å².